The molecule has 0 bridgehead atoms. The number of nitrogens with two attached hydrogens (primary N) is 1. The molecule has 0 atom stereocenters. The first kappa shape index (κ1) is 14.1. The van der Waals surface area contributed by atoms with Gasteiger partial charge in [-0.3, -0.25) is 4.90 Å². The first-order valence-electron chi connectivity index (χ1n) is 4.51. The van der Waals surface area contributed by atoms with Gasteiger partial charge in [0.1, 0.15) is 0 Å². The molecule has 0 aliphatic carbocycles. The van der Waals surface area contributed by atoms with Crippen LogP contribution in [0.5, 0.6) is 0 Å². The average Bonchev–Trinajstić information content (AvgIpc) is 2.00. The second-order valence-corrected chi connectivity index (χ2v) is 4.37. The van der Waals surface area contributed by atoms with Crippen molar-refractivity contribution < 1.29 is 13.2 Å². The minimum atomic E-state index is -4.12. The summed E-state index contributed by atoms with van der Waals surface area (Å²) in [4.78, 5) is 1.94. The molecule has 86 valence electrons. The van der Waals surface area contributed by atoms with Gasteiger partial charge in [0.25, 0.3) is 0 Å². The average molecular weight is 230 g/mol. The highest BCUT2D eigenvalue weighted by Gasteiger charge is 2.27. The molecule has 0 saturated carbocycles. The van der Waals surface area contributed by atoms with Gasteiger partial charge >= 0.3 is 5.51 Å². The van der Waals surface area contributed by atoms with E-state index in [1.807, 2.05) is 18.7 Å². The quantitative estimate of drug-likeness (QED) is 0.755. The summed E-state index contributed by atoms with van der Waals surface area (Å²) in [5.41, 5.74) is 1.23. The first-order chi connectivity index (χ1) is 6.37. The molecule has 14 heavy (non-hydrogen) atoms. The molecular formula is C8H17F3N2S. The van der Waals surface area contributed by atoms with Gasteiger partial charge in [0.15, 0.2) is 0 Å². The van der Waals surface area contributed by atoms with Crippen LogP contribution in [-0.4, -0.2) is 41.8 Å². The van der Waals surface area contributed by atoms with E-state index in [1.54, 1.807) is 0 Å². The molecule has 0 aliphatic heterocycles. The molecule has 0 spiro atoms. The summed E-state index contributed by atoms with van der Waals surface area (Å²) in [5.74, 6) is 0.0711. The molecular weight excluding hydrogens is 213 g/mol. The van der Waals surface area contributed by atoms with Crippen LogP contribution in [0.3, 0.4) is 0 Å². The molecule has 6 heteroatoms. The predicted octanol–water partition coefficient (Wildman–Crippen LogP) is 1.91. The summed E-state index contributed by atoms with van der Waals surface area (Å²) < 4.78 is 35.4. The van der Waals surface area contributed by atoms with Gasteiger partial charge in [-0.1, -0.05) is 0 Å². The molecule has 0 aromatic rings. The predicted molar refractivity (Wildman–Crippen MR) is 54.3 cm³/mol. The fourth-order valence-corrected chi connectivity index (χ4v) is 1.63. The van der Waals surface area contributed by atoms with E-state index in [0.717, 1.165) is 0 Å². The van der Waals surface area contributed by atoms with E-state index in [2.05, 4.69) is 0 Å². The van der Waals surface area contributed by atoms with E-state index < -0.39 is 5.51 Å². The van der Waals surface area contributed by atoms with Crippen LogP contribution in [0.25, 0.3) is 0 Å². The lowest BCUT2D eigenvalue weighted by Gasteiger charge is -2.25. The third-order valence-corrected chi connectivity index (χ3v) is 2.50. The van der Waals surface area contributed by atoms with Crippen LogP contribution < -0.4 is 5.73 Å². The lowest BCUT2D eigenvalue weighted by Crippen LogP contribution is -2.37. The zero-order chi connectivity index (χ0) is 11.2. The fourth-order valence-electron chi connectivity index (χ4n) is 1.07. The van der Waals surface area contributed by atoms with E-state index in [0.29, 0.717) is 19.6 Å². The normalized spacial score (nSPS) is 12.9. The lowest BCUT2D eigenvalue weighted by atomic mass is 10.3. The van der Waals surface area contributed by atoms with Crippen LogP contribution in [0.4, 0.5) is 13.2 Å². The Morgan fingerprint density at radius 2 is 1.86 bits per heavy atom. The van der Waals surface area contributed by atoms with Gasteiger partial charge in [0, 0.05) is 31.4 Å². The molecule has 0 rings (SSSR count). The number of rotatable bonds is 6. The van der Waals surface area contributed by atoms with E-state index in [-0.39, 0.29) is 23.6 Å². The van der Waals surface area contributed by atoms with E-state index in [9.17, 15) is 13.2 Å². The van der Waals surface area contributed by atoms with Crippen LogP contribution in [0, 0.1) is 0 Å². The maximum Gasteiger partial charge on any atom is 0.441 e. The van der Waals surface area contributed by atoms with Gasteiger partial charge in [0.2, 0.25) is 0 Å². The van der Waals surface area contributed by atoms with Crippen molar-refractivity contribution in [1.82, 2.24) is 4.90 Å². The monoisotopic (exact) mass is 230 g/mol. The van der Waals surface area contributed by atoms with Crippen molar-refractivity contribution in [2.45, 2.75) is 25.4 Å². The molecule has 0 fully saturated rings. The number of halogens is 3. The van der Waals surface area contributed by atoms with Crippen LogP contribution in [0.15, 0.2) is 0 Å². The molecule has 0 aromatic heterocycles. The van der Waals surface area contributed by atoms with E-state index in [4.69, 9.17) is 5.73 Å². The molecule has 0 saturated heterocycles. The summed E-state index contributed by atoms with van der Waals surface area (Å²) in [5, 5.41) is 0. The largest absolute Gasteiger partial charge is 0.441 e. The highest BCUT2D eigenvalue weighted by Crippen LogP contribution is 2.29. The summed E-state index contributed by atoms with van der Waals surface area (Å²) in [6.45, 7) is 5.46. The van der Waals surface area contributed by atoms with Gasteiger partial charge in [-0.2, -0.15) is 13.2 Å². The zero-order valence-electron chi connectivity index (χ0n) is 8.47. The summed E-state index contributed by atoms with van der Waals surface area (Å²) >= 11 is 0.0227. The minimum Gasteiger partial charge on any atom is -0.329 e. The Kier molecular flexibility index (Phi) is 6.55. The Morgan fingerprint density at radius 1 is 1.29 bits per heavy atom. The highest BCUT2D eigenvalue weighted by molar-refractivity contribution is 8.00. The molecule has 0 heterocycles. The topological polar surface area (TPSA) is 29.3 Å². The van der Waals surface area contributed by atoms with Crippen LogP contribution in [0.2, 0.25) is 0 Å². The van der Waals surface area contributed by atoms with Crippen molar-refractivity contribution in [2.75, 3.05) is 25.4 Å². The smallest absolute Gasteiger partial charge is 0.329 e. The molecule has 0 aromatic carbocycles. The van der Waals surface area contributed by atoms with E-state index in [1.165, 1.54) is 0 Å². The number of nitrogens with zero attached hydrogens (tertiary/aromatic N) is 1. The Bertz CT molecular complexity index is 150. The molecule has 0 amide bonds. The van der Waals surface area contributed by atoms with E-state index >= 15 is 0 Å². The summed E-state index contributed by atoms with van der Waals surface area (Å²) in [7, 11) is 0. The Morgan fingerprint density at radius 3 is 2.21 bits per heavy atom. The summed E-state index contributed by atoms with van der Waals surface area (Å²) in [6, 6.07) is 0.243. The van der Waals surface area contributed by atoms with Crippen molar-refractivity contribution in [2.24, 2.45) is 5.73 Å². The summed E-state index contributed by atoms with van der Waals surface area (Å²) in [6.07, 6.45) is 0. The fraction of sp³-hybridized carbons (Fsp3) is 1.00. The lowest BCUT2D eigenvalue weighted by molar-refractivity contribution is -0.0329. The second kappa shape index (κ2) is 6.53. The molecule has 0 unspecified atom stereocenters. The number of thioether (sulfide) groups is 1. The number of alkyl halides is 3. The molecule has 2 nitrogen and oxygen atoms in total. The van der Waals surface area contributed by atoms with Crippen LogP contribution >= 0.6 is 11.8 Å². The van der Waals surface area contributed by atoms with Crippen molar-refractivity contribution in [3.63, 3.8) is 0 Å². The van der Waals surface area contributed by atoms with Gasteiger partial charge in [-0.05, 0) is 25.6 Å². The number of hydrogen-bond donors (Lipinski definition) is 1. The standard InChI is InChI=1S/C8H17F3N2S/c1-7(2)13(4-3-12)5-6-14-8(9,10)11/h7H,3-6,12H2,1-2H3. The van der Waals surface area contributed by atoms with Gasteiger partial charge < -0.3 is 5.73 Å². The third-order valence-electron chi connectivity index (χ3n) is 1.79. The van der Waals surface area contributed by atoms with Crippen molar-refractivity contribution >= 4 is 11.8 Å². The maximum absolute atomic E-state index is 11.8. The van der Waals surface area contributed by atoms with Crippen molar-refractivity contribution in [3.8, 4) is 0 Å². The third kappa shape index (κ3) is 7.46. The Balaban J connectivity index is 3.72. The van der Waals surface area contributed by atoms with Gasteiger partial charge in [-0.15, -0.1) is 0 Å². The second-order valence-electron chi connectivity index (χ2n) is 3.21. The zero-order valence-corrected chi connectivity index (χ0v) is 9.29. The molecule has 0 radical (unpaired) electrons. The highest BCUT2D eigenvalue weighted by atomic mass is 32.2. The Hall–Kier alpha value is 0.0600. The first-order valence-corrected chi connectivity index (χ1v) is 5.50. The van der Waals surface area contributed by atoms with Crippen LogP contribution in [0.1, 0.15) is 13.8 Å². The van der Waals surface area contributed by atoms with Crippen LogP contribution in [-0.2, 0) is 0 Å². The van der Waals surface area contributed by atoms with Crippen molar-refractivity contribution in [3.05, 3.63) is 0 Å². The SMILES string of the molecule is CC(C)N(CCN)CCSC(F)(F)F. The molecule has 2 N–H and O–H groups in total. The molecule has 0 aliphatic rings. The van der Waals surface area contributed by atoms with Gasteiger partial charge in [-0.25, -0.2) is 0 Å². The van der Waals surface area contributed by atoms with Crippen molar-refractivity contribution in [1.29, 1.82) is 0 Å². The maximum atomic E-state index is 11.8. The Labute approximate surface area is 87.0 Å². The minimum absolute atomic E-state index is 0.0227. The number of hydrogen-bond acceptors (Lipinski definition) is 3. The van der Waals surface area contributed by atoms with Gasteiger partial charge in [0.05, 0.1) is 0 Å².